The fraction of sp³-hybridized carbons (Fsp3) is 0.462. The van der Waals surface area contributed by atoms with Gasteiger partial charge in [-0.05, 0) is 24.0 Å². The van der Waals surface area contributed by atoms with Gasteiger partial charge in [-0.25, -0.2) is 0 Å². The van der Waals surface area contributed by atoms with Gasteiger partial charge in [-0.1, -0.05) is 43.6 Å². The average molecular weight is 223 g/mol. The van der Waals surface area contributed by atoms with Gasteiger partial charge in [-0.2, -0.15) is 0 Å². The molecule has 1 aliphatic carbocycles. The van der Waals surface area contributed by atoms with E-state index in [-0.39, 0.29) is 5.41 Å². The van der Waals surface area contributed by atoms with Gasteiger partial charge in [0.1, 0.15) is 5.78 Å². The number of carbonyl (C=O) groups excluding carboxylic acids is 1. The van der Waals surface area contributed by atoms with Gasteiger partial charge in [-0.3, -0.25) is 4.79 Å². The molecule has 2 heteroatoms. The zero-order valence-corrected chi connectivity index (χ0v) is 9.84. The summed E-state index contributed by atoms with van der Waals surface area (Å²) in [6.45, 7) is 4.04. The highest BCUT2D eigenvalue weighted by atomic mass is 35.5. The van der Waals surface area contributed by atoms with Gasteiger partial charge in [0.05, 0.1) is 0 Å². The van der Waals surface area contributed by atoms with Crippen LogP contribution in [0.4, 0.5) is 0 Å². The highest BCUT2D eigenvalue weighted by Gasteiger charge is 2.39. The van der Waals surface area contributed by atoms with Gasteiger partial charge in [0.2, 0.25) is 0 Å². The molecule has 0 aromatic heterocycles. The number of ketones is 1. The zero-order valence-electron chi connectivity index (χ0n) is 9.09. The van der Waals surface area contributed by atoms with E-state index in [1.165, 1.54) is 0 Å². The third kappa shape index (κ3) is 1.93. The Morgan fingerprint density at radius 3 is 2.53 bits per heavy atom. The molecule has 1 aromatic rings. The molecule has 0 unspecified atom stereocenters. The molecule has 1 aliphatic rings. The van der Waals surface area contributed by atoms with Crippen molar-refractivity contribution in [1.29, 1.82) is 0 Å². The Hall–Kier alpha value is -0.820. The summed E-state index contributed by atoms with van der Waals surface area (Å²) in [5, 5.41) is 0.785. The summed E-state index contributed by atoms with van der Waals surface area (Å²) in [6.07, 6.45) is 1.55. The normalized spacial score (nSPS) is 24.5. The number of hydrogen-bond donors (Lipinski definition) is 0. The van der Waals surface area contributed by atoms with E-state index in [9.17, 15) is 4.79 Å². The van der Waals surface area contributed by atoms with Crippen LogP contribution in [0.15, 0.2) is 24.3 Å². The molecular formula is C13H15ClO. The summed E-state index contributed by atoms with van der Waals surface area (Å²) < 4.78 is 0. The van der Waals surface area contributed by atoms with E-state index in [1.54, 1.807) is 0 Å². The summed E-state index contributed by atoms with van der Waals surface area (Å²) in [5.41, 5.74) is 0.946. The minimum absolute atomic E-state index is 0.177. The number of carbonyl (C=O) groups is 1. The van der Waals surface area contributed by atoms with Crippen molar-refractivity contribution in [2.24, 2.45) is 5.41 Å². The summed E-state index contributed by atoms with van der Waals surface area (Å²) in [5.74, 6) is 0.661. The molecule has 80 valence electrons. The first-order valence-electron chi connectivity index (χ1n) is 5.28. The Morgan fingerprint density at radius 1 is 1.33 bits per heavy atom. The van der Waals surface area contributed by atoms with Crippen LogP contribution in [0.5, 0.6) is 0 Å². The molecule has 1 atom stereocenters. The maximum absolute atomic E-state index is 11.7. The highest BCUT2D eigenvalue weighted by molar-refractivity contribution is 6.31. The van der Waals surface area contributed by atoms with E-state index >= 15 is 0 Å². The molecular weight excluding hydrogens is 208 g/mol. The molecule has 0 N–H and O–H groups in total. The third-order valence-corrected chi connectivity index (χ3v) is 3.63. The molecule has 0 bridgehead atoms. The van der Waals surface area contributed by atoms with Crippen LogP contribution in [-0.4, -0.2) is 5.78 Å². The Balaban J connectivity index is 2.29. The fourth-order valence-corrected chi connectivity index (χ4v) is 2.62. The SMILES string of the molecule is CC1(C)C[C@@H](c2ccccc2Cl)CC1=O. The Kier molecular flexibility index (Phi) is 2.59. The van der Waals surface area contributed by atoms with Crippen LogP contribution in [0.3, 0.4) is 0 Å². The number of Topliss-reactive ketones (excluding diaryl/α,β-unsaturated/α-hetero) is 1. The lowest BCUT2D eigenvalue weighted by Crippen LogP contribution is -2.15. The van der Waals surface area contributed by atoms with Crippen LogP contribution in [-0.2, 0) is 4.79 Å². The summed E-state index contributed by atoms with van der Waals surface area (Å²) >= 11 is 6.13. The molecule has 1 nitrogen and oxygen atoms in total. The van der Waals surface area contributed by atoms with Crippen molar-refractivity contribution < 1.29 is 4.79 Å². The second kappa shape index (κ2) is 3.64. The van der Waals surface area contributed by atoms with Crippen LogP contribution >= 0.6 is 11.6 Å². The monoisotopic (exact) mass is 222 g/mol. The molecule has 0 spiro atoms. The smallest absolute Gasteiger partial charge is 0.139 e. The van der Waals surface area contributed by atoms with Crippen LogP contribution < -0.4 is 0 Å². The molecule has 0 radical (unpaired) electrons. The van der Waals surface area contributed by atoms with E-state index in [0.717, 1.165) is 17.0 Å². The van der Waals surface area contributed by atoms with Gasteiger partial charge < -0.3 is 0 Å². The molecule has 2 rings (SSSR count). The molecule has 1 fully saturated rings. The van der Waals surface area contributed by atoms with E-state index in [4.69, 9.17) is 11.6 Å². The third-order valence-electron chi connectivity index (χ3n) is 3.29. The van der Waals surface area contributed by atoms with E-state index in [1.807, 2.05) is 38.1 Å². The van der Waals surface area contributed by atoms with E-state index in [2.05, 4.69) is 0 Å². The maximum atomic E-state index is 11.7. The first-order chi connectivity index (χ1) is 7.00. The number of rotatable bonds is 1. The zero-order chi connectivity index (χ0) is 11.1. The van der Waals surface area contributed by atoms with Crippen molar-refractivity contribution >= 4 is 17.4 Å². The summed E-state index contributed by atoms with van der Waals surface area (Å²) in [6, 6.07) is 7.83. The van der Waals surface area contributed by atoms with Crippen LogP contribution in [0.2, 0.25) is 5.02 Å². The quantitative estimate of drug-likeness (QED) is 0.706. The van der Waals surface area contributed by atoms with Gasteiger partial charge >= 0.3 is 0 Å². The van der Waals surface area contributed by atoms with Crippen molar-refractivity contribution in [3.05, 3.63) is 34.9 Å². The molecule has 1 aromatic carbocycles. The van der Waals surface area contributed by atoms with Crippen molar-refractivity contribution in [3.63, 3.8) is 0 Å². The predicted octanol–water partition coefficient (Wildman–Crippen LogP) is 3.81. The molecule has 0 aliphatic heterocycles. The fourth-order valence-electron chi connectivity index (χ4n) is 2.33. The van der Waals surface area contributed by atoms with Crippen molar-refractivity contribution in [2.45, 2.75) is 32.6 Å². The van der Waals surface area contributed by atoms with Gasteiger partial charge in [-0.15, -0.1) is 0 Å². The molecule has 15 heavy (non-hydrogen) atoms. The van der Waals surface area contributed by atoms with Gasteiger partial charge in [0.25, 0.3) is 0 Å². The minimum Gasteiger partial charge on any atom is -0.299 e. The largest absolute Gasteiger partial charge is 0.299 e. The van der Waals surface area contributed by atoms with Gasteiger partial charge in [0.15, 0.2) is 0 Å². The first kappa shape index (κ1) is 10.7. The van der Waals surface area contributed by atoms with E-state index in [0.29, 0.717) is 18.1 Å². The van der Waals surface area contributed by atoms with Crippen molar-refractivity contribution in [3.8, 4) is 0 Å². The lowest BCUT2D eigenvalue weighted by atomic mass is 9.88. The van der Waals surface area contributed by atoms with Gasteiger partial charge in [0, 0.05) is 16.9 Å². The van der Waals surface area contributed by atoms with Crippen molar-refractivity contribution in [1.82, 2.24) is 0 Å². The second-order valence-corrected chi connectivity index (χ2v) is 5.34. The lowest BCUT2D eigenvalue weighted by molar-refractivity contribution is -0.124. The summed E-state index contributed by atoms with van der Waals surface area (Å²) in [4.78, 5) is 11.7. The topological polar surface area (TPSA) is 17.1 Å². The van der Waals surface area contributed by atoms with Crippen LogP contribution in [0.25, 0.3) is 0 Å². The highest BCUT2D eigenvalue weighted by Crippen LogP contribution is 2.44. The Morgan fingerprint density at radius 2 is 2.00 bits per heavy atom. The lowest BCUT2D eigenvalue weighted by Gasteiger charge is -2.16. The molecule has 0 heterocycles. The van der Waals surface area contributed by atoms with E-state index < -0.39 is 0 Å². The second-order valence-electron chi connectivity index (χ2n) is 4.93. The molecule has 0 saturated heterocycles. The maximum Gasteiger partial charge on any atom is 0.139 e. The predicted molar refractivity (Wildman–Crippen MR) is 62.2 cm³/mol. The number of hydrogen-bond acceptors (Lipinski definition) is 1. The van der Waals surface area contributed by atoms with Crippen LogP contribution in [0, 0.1) is 5.41 Å². The molecule has 1 saturated carbocycles. The average Bonchev–Trinajstić information content (AvgIpc) is 2.42. The molecule has 0 amide bonds. The van der Waals surface area contributed by atoms with Crippen molar-refractivity contribution in [2.75, 3.05) is 0 Å². The standard InChI is InChI=1S/C13H15ClO/c1-13(2)8-9(7-12(13)15)10-5-3-4-6-11(10)14/h3-6,9H,7-8H2,1-2H3/t9-/m0/s1. The Bertz CT molecular complexity index is 395. The Labute approximate surface area is 95.4 Å². The number of halogens is 1. The summed E-state index contributed by atoms with van der Waals surface area (Å²) in [7, 11) is 0. The minimum atomic E-state index is -0.177. The van der Waals surface area contributed by atoms with Crippen LogP contribution in [0.1, 0.15) is 38.2 Å². The first-order valence-corrected chi connectivity index (χ1v) is 5.66. The number of benzene rings is 1.